The fourth-order valence-electron chi connectivity index (χ4n) is 1.98. The van der Waals surface area contributed by atoms with E-state index in [0.29, 0.717) is 10.7 Å². The number of thiophene rings is 1. The first-order chi connectivity index (χ1) is 11.5. The Bertz CT molecular complexity index is 840. The van der Waals surface area contributed by atoms with E-state index in [1.807, 2.05) is 13.8 Å². The van der Waals surface area contributed by atoms with Gasteiger partial charge in [-0.25, -0.2) is 9.18 Å². The number of aromatic nitrogens is 2. The lowest BCUT2D eigenvalue weighted by atomic mass is 10.2. The van der Waals surface area contributed by atoms with Crippen LogP contribution in [0.15, 0.2) is 40.9 Å². The van der Waals surface area contributed by atoms with Gasteiger partial charge in [0.1, 0.15) is 10.7 Å². The van der Waals surface area contributed by atoms with Gasteiger partial charge in [0.2, 0.25) is 0 Å². The van der Waals surface area contributed by atoms with Crippen LogP contribution in [0.5, 0.6) is 0 Å². The summed E-state index contributed by atoms with van der Waals surface area (Å²) >= 11 is 1.28. The van der Waals surface area contributed by atoms with Crippen molar-refractivity contribution in [3.8, 4) is 10.4 Å². The van der Waals surface area contributed by atoms with Gasteiger partial charge in [0.15, 0.2) is 12.4 Å². The molecule has 2 aromatic heterocycles. The van der Waals surface area contributed by atoms with E-state index in [4.69, 9.17) is 9.26 Å². The molecule has 0 fully saturated rings. The predicted octanol–water partition coefficient (Wildman–Crippen LogP) is 4.42. The summed E-state index contributed by atoms with van der Waals surface area (Å²) < 4.78 is 23.2. The van der Waals surface area contributed by atoms with E-state index >= 15 is 0 Å². The Morgan fingerprint density at radius 3 is 2.67 bits per heavy atom. The third-order valence-corrected chi connectivity index (χ3v) is 4.38. The Morgan fingerprint density at radius 2 is 2.00 bits per heavy atom. The van der Waals surface area contributed by atoms with Crippen molar-refractivity contribution < 1.29 is 18.4 Å². The van der Waals surface area contributed by atoms with E-state index in [-0.39, 0.29) is 24.2 Å². The molecule has 0 bridgehead atoms. The number of esters is 1. The van der Waals surface area contributed by atoms with Crippen LogP contribution in [-0.2, 0) is 11.3 Å². The van der Waals surface area contributed by atoms with E-state index in [2.05, 4.69) is 10.1 Å². The van der Waals surface area contributed by atoms with Crippen molar-refractivity contribution in [2.24, 2.45) is 0 Å². The van der Waals surface area contributed by atoms with Gasteiger partial charge in [-0.15, -0.1) is 11.3 Å². The third kappa shape index (κ3) is 3.68. The predicted molar refractivity (Wildman–Crippen MR) is 87.2 cm³/mol. The molecule has 3 rings (SSSR count). The van der Waals surface area contributed by atoms with Crippen molar-refractivity contribution >= 4 is 17.3 Å². The first kappa shape index (κ1) is 16.3. The molecule has 0 aliphatic rings. The summed E-state index contributed by atoms with van der Waals surface area (Å²) in [6.45, 7) is 3.83. The number of hydrogen-bond donors (Lipinski definition) is 0. The molecule has 5 nitrogen and oxygen atoms in total. The molecule has 0 aliphatic heterocycles. The second-order valence-corrected chi connectivity index (χ2v) is 6.53. The van der Waals surface area contributed by atoms with Crippen LogP contribution in [0.3, 0.4) is 0 Å². The summed E-state index contributed by atoms with van der Waals surface area (Å²) in [5.41, 5.74) is 0.846. The first-order valence-electron chi connectivity index (χ1n) is 7.38. The first-order valence-corrected chi connectivity index (χ1v) is 8.20. The standard InChI is InChI=1S/C17H15FN2O3S/c1-10(2)16-19-15(23-20-16)9-22-17(21)14-8-7-13(24-14)11-3-5-12(18)6-4-11/h3-8,10H,9H2,1-2H3. The maximum atomic E-state index is 13.0. The van der Waals surface area contributed by atoms with Crippen molar-refractivity contribution in [1.82, 2.24) is 10.1 Å². The van der Waals surface area contributed by atoms with E-state index in [1.54, 1.807) is 24.3 Å². The zero-order valence-electron chi connectivity index (χ0n) is 13.2. The summed E-state index contributed by atoms with van der Waals surface area (Å²) in [4.78, 5) is 17.6. The normalized spacial score (nSPS) is 11.0. The molecule has 0 N–H and O–H groups in total. The second kappa shape index (κ2) is 6.92. The number of ether oxygens (including phenoxy) is 1. The molecule has 3 aromatic rings. The molecule has 124 valence electrons. The van der Waals surface area contributed by atoms with Gasteiger partial charge in [-0.1, -0.05) is 31.1 Å². The molecule has 0 saturated heterocycles. The monoisotopic (exact) mass is 346 g/mol. The summed E-state index contributed by atoms with van der Waals surface area (Å²) in [6.07, 6.45) is 0. The Labute approximate surface area is 142 Å². The van der Waals surface area contributed by atoms with E-state index in [9.17, 15) is 9.18 Å². The van der Waals surface area contributed by atoms with Gasteiger partial charge in [-0.2, -0.15) is 4.98 Å². The average molecular weight is 346 g/mol. The third-order valence-electron chi connectivity index (χ3n) is 3.26. The summed E-state index contributed by atoms with van der Waals surface area (Å²) in [6, 6.07) is 9.59. The quantitative estimate of drug-likeness (QED) is 0.640. The lowest BCUT2D eigenvalue weighted by Gasteiger charge is -1.99. The van der Waals surface area contributed by atoms with Crippen LogP contribution in [0.4, 0.5) is 4.39 Å². The van der Waals surface area contributed by atoms with Crippen molar-refractivity contribution in [3.05, 3.63) is 58.8 Å². The molecule has 0 aliphatic carbocycles. The molecule has 0 amide bonds. The van der Waals surface area contributed by atoms with Crippen LogP contribution in [0.2, 0.25) is 0 Å². The van der Waals surface area contributed by atoms with E-state index < -0.39 is 5.97 Å². The molecular formula is C17H15FN2O3S. The molecule has 1 aromatic carbocycles. The highest BCUT2D eigenvalue weighted by atomic mass is 32.1. The Balaban J connectivity index is 1.64. The topological polar surface area (TPSA) is 65.2 Å². The Morgan fingerprint density at radius 1 is 1.25 bits per heavy atom. The van der Waals surface area contributed by atoms with Crippen LogP contribution >= 0.6 is 11.3 Å². The van der Waals surface area contributed by atoms with Gasteiger partial charge in [0.05, 0.1) is 0 Å². The molecule has 7 heteroatoms. The Kier molecular flexibility index (Phi) is 4.71. The van der Waals surface area contributed by atoms with Gasteiger partial charge in [0, 0.05) is 10.8 Å². The molecule has 0 saturated carbocycles. The number of hydrogen-bond acceptors (Lipinski definition) is 6. The number of carbonyl (C=O) groups excluding carboxylic acids is 1. The van der Waals surface area contributed by atoms with E-state index in [1.165, 1.54) is 23.5 Å². The lowest BCUT2D eigenvalue weighted by molar-refractivity contribution is 0.0435. The maximum absolute atomic E-state index is 13.0. The number of carbonyl (C=O) groups is 1. The van der Waals surface area contributed by atoms with Crippen LogP contribution in [0, 0.1) is 5.82 Å². The van der Waals surface area contributed by atoms with Gasteiger partial charge in [0.25, 0.3) is 5.89 Å². The van der Waals surface area contributed by atoms with Crippen LogP contribution in [0.25, 0.3) is 10.4 Å². The molecule has 0 atom stereocenters. The van der Waals surface area contributed by atoms with Crippen LogP contribution < -0.4 is 0 Å². The summed E-state index contributed by atoms with van der Waals surface area (Å²) in [5.74, 6) is 0.236. The lowest BCUT2D eigenvalue weighted by Crippen LogP contribution is -2.03. The SMILES string of the molecule is CC(C)c1noc(COC(=O)c2ccc(-c3ccc(F)cc3)s2)n1. The average Bonchev–Trinajstić information content (AvgIpc) is 3.23. The smallest absolute Gasteiger partial charge is 0.348 e. The highest BCUT2D eigenvalue weighted by Gasteiger charge is 2.15. The minimum Gasteiger partial charge on any atom is -0.451 e. The maximum Gasteiger partial charge on any atom is 0.348 e. The van der Waals surface area contributed by atoms with Crippen molar-refractivity contribution in [2.45, 2.75) is 26.4 Å². The highest BCUT2D eigenvalue weighted by Crippen LogP contribution is 2.28. The van der Waals surface area contributed by atoms with Gasteiger partial charge in [-0.3, -0.25) is 0 Å². The van der Waals surface area contributed by atoms with Crippen LogP contribution in [0.1, 0.15) is 41.2 Å². The Hall–Kier alpha value is -2.54. The van der Waals surface area contributed by atoms with Crippen LogP contribution in [-0.4, -0.2) is 16.1 Å². The molecule has 0 unspecified atom stereocenters. The number of benzene rings is 1. The van der Waals surface area contributed by atoms with Gasteiger partial charge in [-0.05, 0) is 29.8 Å². The van der Waals surface area contributed by atoms with Crippen molar-refractivity contribution in [3.63, 3.8) is 0 Å². The van der Waals surface area contributed by atoms with E-state index in [0.717, 1.165) is 10.4 Å². The zero-order valence-corrected chi connectivity index (χ0v) is 14.0. The van der Waals surface area contributed by atoms with Crippen molar-refractivity contribution in [2.75, 3.05) is 0 Å². The summed E-state index contributed by atoms with van der Waals surface area (Å²) in [7, 11) is 0. The minimum absolute atomic E-state index is 0.0671. The number of halogens is 1. The largest absolute Gasteiger partial charge is 0.451 e. The fourth-order valence-corrected chi connectivity index (χ4v) is 2.88. The molecule has 0 radical (unpaired) electrons. The summed E-state index contributed by atoms with van der Waals surface area (Å²) in [5, 5.41) is 3.81. The number of nitrogens with zero attached hydrogens (tertiary/aromatic N) is 2. The van der Waals surface area contributed by atoms with Gasteiger partial charge < -0.3 is 9.26 Å². The molecular weight excluding hydrogens is 331 g/mol. The fraction of sp³-hybridized carbons (Fsp3) is 0.235. The van der Waals surface area contributed by atoms with Crippen molar-refractivity contribution in [1.29, 1.82) is 0 Å². The van der Waals surface area contributed by atoms with Gasteiger partial charge >= 0.3 is 5.97 Å². The number of rotatable bonds is 5. The molecule has 2 heterocycles. The minimum atomic E-state index is -0.461. The second-order valence-electron chi connectivity index (χ2n) is 5.45. The molecule has 0 spiro atoms. The highest BCUT2D eigenvalue weighted by molar-refractivity contribution is 7.17. The zero-order chi connectivity index (χ0) is 17.1. The molecule has 24 heavy (non-hydrogen) atoms.